The van der Waals surface area contributed by atoms with Crippen LogP contribution in [0.4, 0.5) is 10.1 Å². The lowest BCUT2D eigenvalue weighted by Crippen LogP contribution is -2.42. The summed E-state index contributed by atoms with van der Waals surface area (Å²) >= 11 is 0. The van der Waals surface area contributed by atoms with E-state index in [2.05, 4.69) is 0 Å². The second kappa shape index (κ2) is 7.34. The van der Waals surface area contributed by atoms with Crippen LogP contribution in [-0.4, -0.2) is 37.3 Å². The van der Waals surface area contributed by atoms with Gasteiger partial charge in [0, 0.05) is 25.2 Å². The van der Waals surface area contributed by atoms with E-state index in [9.17, 15) is 22.9 Å². The number of nitro benzene ring substituents is 1. The predicted octanol–water partition coefficient (Wildman–Crippen LogP) is 3.11. The molecule has 0 radical (unpaired) electrons. The molecule has 1 saturated heterocycles. The van der Waals surface area contributed by atoms with E-state index in [1.165, 1.54) is 22.5 Å². The second-order valence-electron chi connectivity index (χ2n) is 6.42. The Labute approximate surface area is 156 Å². The maximum absolute atomic E-state index is 13.2. The molecule has 2 aromatic carbocycles. The number of morpholine rings is 1. The van der Waals surface area contributed by atoms with Crippen LogP contribution in [0.25, 0.3) is 0 Å². The highest BCUT2D eigenvalue weighted by molar-refractivity contribution is 7.89. The van der Waals surface area contributed by atoms with Crippen LogP contribution in [0.3, 0.4) is 0 Å². The molecular formula is C18H19FN2O5S. The number of hydrogen-bond donors (Lipinski definition) is 0. The van der Waals surface area contributed by atoms with Crippen molar-refractivity contribution < 1.29 is 22.5 Å². The summed E-state index contributed by atoms with van der Waals surface area (Å²) in [4.78, 5) is 10.5. The fourth-order valence-electron chi connectivity index (χ4n) is 3.04. The van der Waals surface area contributed by atoms with Crippen molar-refractivity contribution in [1.29, 1.82) is 0 Å². The third-order valence-corrected chi connectivity index (χ3v) is 6.70. The molecule has 3 rings (SSSR count). The Bertz CT molecular complexity index is 976. The maximum Gasteiger partial charge on any atom is 0.271 e. The zero-order valence-corrected chi connectivity index (χ0v) is 15.7. The minimum absolute atomic E-state index is 0.0507. The van der Waals surface area contributed by atoms with E-state index >= 15 is 0 Å². The third-order valence-electron chi connectivity index (χ3n) is 4.70. The minimum Gasteiger partial charge on any atom is -0.371 e. The van der Waals surface area contributed by atoms with E-state index in [0.717, 1.165) is 6.07 Å². The van der Waals surface area contributed by atoms with Crippen molar-refractivity contribution in [2.45, 2.75) is 24.8 Å². The molecule has 7 nitrogen and oxygen atoms in total. The molecule has 2 aromatic rings. The van der Waals surface area contributed by atoms with Gasteiger partial charge in [-0.15, -0.1) is 0 Å². The normalized spacial score (nSPS) is 18.4. The van der Waals surface area contributed by atoms with Gasteiger partial charge in [-0.3, -0.25) is 10.1 Å². The molecule has 0 saturated carbocycles. The Morgan fingerprint density at radius 1 is 1.22 bits per heavy atom. The number of nitrogens with zero attached hydrogens (tertiary/aromatic N) is 2. The Morgan fingerprint density at radius 3 is 2.52 bits per heavy atom. The Balaban J connectivity index is 1.95. The Kier molecular flexibility index (Phi) is 5.27. The molecule has 1 aliphatic heterocycles. The quantitative estimate of drug-likeness (QED) is 0.587. The van der Waals surface area contributed by atoms with E-state index in [4.69, 9.17) is 4.74 Å². The molecule has 0 spiro atoms. The first-order valence-electron chi connectivity index (χ1n) is 8.33. The molecule has 1 fully saturated rings. The van der Waals surface area contributed by atoms with Crippen LogP contribution < -0.4 is 0 Å². The van der Waals surface area contributed by atoms with Crippen LogP contribution in [-0.2, 0) is 14.8 Å². The average Bonchev–Trinajstić information content (AvgIpc) is 2.64. The van der Waals surface area contributed by atoms with E-state index < -0.39 is 21.1 Å². The summed E-state index contributed by atoms with van der Waals surface area (Å²) in [5.74, 6) is -0.387. The van der Waals surface area contributed by atoms with E-state index in [1.54, 1.807) is 26.0 Å². The molecule has 1 atom stereocenters. The van der Waals surface area contributed by atoms with Gasteiger partial charge in [0.1, 0.15) is 5.82 Å². The topological polar surface area (TPSA) is 89.8 Å². The number of sulfonamides is 1. The van der Waals surface area contributed by atoms with Crippen molar-refractivity contribution in [2.75, 3.05) is 19.7 Å². The predicted molar refractivity (Wildman–Crippen MR) is 96.4 cm³/mol. The van der Waals surface area contributed by atoms with Crippen LogP contribution in [0.2, 0.25) is 0 Å². The second-order valence-corrected chi connectivity index (χ2v) is 8.32. The fraction of sp³-hybridized carbons (Fsp3) is 0.333. The monoisotopic (exact) mass is 394 g/mol. The third kappa shape index (κ3) is 3.85. The SMILES string of the molecule is Cc1cc([N+](=O)[O-])cc(S(=O)(=O)N2CCOC(c3ccc(F)cc3)C2)c1C. The van der Waals surface area contributed by atoms with Gasteiger partial charge in [-0.25, -0.2) is 12.8 Å². The highest BCUT2D eigenvalue weighted by Crippen LogP contribution is 2.31. The van der Waals surface area contributed by atoms with Gasteiger partial charge in [0.2, 0.25) is 10.0 Å². The number of halogens is 1. The zero-order chi connectivity index (χ0) is 19.8. The molecule has 1 heterocycles. The molecular weight excluding hydrogens is 375 g/mol. The van der Waals surface area contributed by atoms with Crippen molar-refractivity contribution in [2.24, 2.45) is 0 Å². The first-order chi connectivity index (χ1) is 12.7. The molecule has 0 aliphatic carbocycles. The summed E-state index contributed by atoms with van der Waals surface area (Å²) in [5.41, 5.74) is 1.42. The van der Waals surface area contributed by atoms with Gasteiger partial charge in [0.05, 0.1) is 22.5 Å². The summed E-state index contributed by atoms with van der Waals surface area (Å²) in [6.07, 6.45) is -0.533. The molecule has 0 amide bonds. The molecule has 0 bridgehead atoms. The average molecular weight is 394 g/mol. The molecule has 0 N–H and O–H groups in total. The van der Waals surface area contributed by atoms with Crippen molar-refractivity contribution in [3.8, 4) is 0 Å². The largest absolute Gasteiger partial charge is 0.371 e. The van der Waals surface area contributed by atoms with Gasteiger partial charge in [-0.1, -0.05) is 12.1 Å². The Morgan fingerprint density at radius 2 is 1.89 bits per heavy atom. The highest BCUT2D eigenvalue weighted by Gasteiger charge is 2.33. The van der Waals surface area contributed by atoms with Crippen molar-refractivity contribution in [1.82, 2.24) is 4.31 Å². The van der Waals surface area contributed by atoms with E-state index in [-0.39, 0.29) is 36.1 Å². The van der Waals surface area contributed by atoms with Crippen LogP contribution in [0, 0.1) is 29.8 Å². The molecule has 144 valence electrons. The number of aryl methyl sites for hydroxylation is 1. The van der Waals surface area contributed by atoms with Crippen LogP contribution in [0.15, 0.2) is 41.3 Å². The number of ether oxygens (including phenoxy) is 1. The molecule has 1 aliphatic rings. The lowest BCUT2D eigenvalue weighted by Gasteiger charge is -2.32. The first kappa shape index (κ1) is 19.4. The standard InChI is InChI=1S/C18H19FN2O5S/c1-12-9-16(21(22)23)10-18(13(12)2)27(24,25)20-7-8-26-17(11-20)14-3-5-15(19)6-4-14/h3-6,9-10,17H,7-8,11H2,1-2H3. The highest BCUT2D eigenvalue weighted by atomic mass is 32.2. The number of nitro groups is 1. The van der Waals surface area contributed by atoms with Gasteiger partial charge >= 0.3 is 0 Å². The molecule has 1 unspecified atom stereocenters. The maximum atomic E-state index is 13.2. The number of non-ortho nitro benzene ring substituents is 1. The van der Waals surface area contributed by atoms with Gasteiger partial charge in [0.15, 0.2) is 0 Å². The lowest BCUT2D eigenvalue weighted by molar-refractivity contribution is -0.385. The minimum atomic E-state index is -3.95. The smallest absolute Gasteiger partial charge is 0.271 e. The zero-order valence-electron chi connectivity index (χ0n) is 14.9. The van der Waals surface area contributed by atoms with Crippen LogP contribution in [0.1, 0.15) is 22.8 Å². The van der Waals surface area contributed by atoms with Crippen molar-refractivity contribution in [3.05, 3.63) is 69.0 Å². The van der Waals surface area contributed by atoms with Crippen molar-refractivity contribution >= 4 is 15.7 Å². The molecule has 9 heteroatoms. The molecule has 0 aromatic heterocycles. The lowest BCUT2D eigenvalue weighted by atomic mass is 10.1. The van der Waals surface area contributed by atoms with Gasteiger partial charge in [-0.05, 0) is 42.7 Å². The van der Waals surface area contributed by atoms with Crippen LogP contribution in [0.5, 0.6) is 0 Å². The van der Waals surface area contributed by atoms with Crippen molar-refractivity contribution in [3.63, 3.8) is 0 Å². The Hall–Kier alpha value is -2.36. The van der Waals surface area contributed by atoms with Gasteiger partial charge < -0.3 is 4.74 Å². The summed E-state index contributed by atoms with van der Waals surface area (Å²) in [5, 5.41) is 11.1. The summed E-state index contributed by atoms with van der Waals surface area (Å²) < 4.78 is 46.3. The molecule has 27 heavy (non-hydrogen) atoms. The van der Waals surface area contributed by atoms with E-state index in [1.807, 2.05) is 0 Å². The fourth-order valence-corrected chi connectivity index (χ4v) is 4.79. The summed E-state index contributed by atoms with van der Waals surface area (Å²) in [6, 6.07) is 8.15. The van der Waals surface area contributed by atoms with Gasteiger partial charge in [-0.2, -0.15) is 4.31 Å². The summed E-state index contributed by atoms with van der Waals surface area (Å²) in [6.45, 7) is 3.64. The number of hydrogen-bond acceptors (Lipinski definition) is 5. The van der Waals surface area contributed by atoms with Gasteiger partial charge in [0.25, 0.3) is 5.69 Å². The summed E-state index contributed by atoms with van der Waals surface area (Å²) in [7, 11) is -3.95. The number of benzene rings is 2. The first-order valence-corrected chi connectivity index (χ1v) is 9.77. The van der Waals surface area contributed by atoms with E-state index in [0.29, 0.717) is 16.7 Å². The number of rotatable bonds is 4. The van der Waals surface area contributed by atoms with Crippen LogP contribution >= 0.6 is 0 Å².